The maximum Gasteiger partial charge on any atom is 0.370 e. The molecule has 0 radical (unpaired) electrons. The van der Waals surface area contributed by atoms with Crippen LogP contribution in [0.25, 0.3) is 0 Å². The van der Waals surface area contributed by atoms with E-state index in [1.807, 2.05) is 49.4 Å². The molecule has 1 N–H and O–H groups in total. The maximum absolute atomic E-state index is 11.1. The molecule has 2 aromatic carbocycles. The molecule has 2 aromatic rings. The van der Waals surface area contributed by atoms with Crippen molar-refractivity contribution in [2.45, 2.75) is 33.1 Å². The molecule has 0 spiro atoms. The summed E-state index contributed by atoms with van der Waals surface area (Å²) in [5, 5.41) is 9.09. The minimum atomic E-state index is -1.05. The molecule has 6 nitrogen and oxygen atoms in total. The Morgan fingerprint density at radius 3 is 2.30 bits per heavy atom. The number of ether oxygens (including phenoxy) is 4. The average Bonchev–Trinajstić information content (AvgIpc) is 2.75. The van der Waals surface area contributed by atoms with E-state index in [9.17, 15) is 4.79 Å². The van der Waals surface area contributed by atoms with Crippen LogP contribution in [0.15, 0.2) is 54.3 Å². The molecule has 0 aliphatic heterocycles. The highest BCUT2D eigenvalue weighted by molar-refractivity contribution is 5.84. The van der Waals surface area contributed by atoms with Crippen molar-refractivity contribution in [2.75, 3.05) is 26.9 Å². The molecule has 6 heteroatoms. The minimum Gasteiger partial charge on any atom is -0.494 e. The molecular weight excluding hydrogens is 384 g/mol. The normalized spacial score (nSPS) is 11.1. The molecule has 30 heavy (non-hydrogen) atoms. The minimum absolute atomic E-state index is 0.0151. The summed E-state index contributed by atoms with van der Waals surface area (Å²) < 4.78 is 21.9. The number of carboxylic acid groups (broad SMARTS) is 1. The zero-order chi connectivity index (χ0) is 21.8. The quantitative estimate of drug-likeness (QED) is 0.380. The monoisotopic (exact) mass is 414 g/mol. The van der Waals surface area contributed by atoms with Gasteiger partial charge in [-0.05, 0) is 68.2 Å². The van der Waals surface area contributed by atoms with Gasteiger partial charge in [-0.15, -0.1) is 0 Å². The van der Waals surface area contributed by atoms with E-state index in [-0.39, 0.29) is 5.76 Å². The molecule has 0 unspecified atom stereocenters. The number of aryl methyl sites for hydroxylation is 1. The van der Waals surface area contributed by atoms with Gasteiger partial charge in [0.05, 0.1) is 26.9 Å². The van der Waals surface area contributed by atoms with E-state index in [2.05, 4.69) is 0 Å². The van der Waals surface area contributed by atoms with Crippen molar-refractivity contribution in [2.24, 2.45) is 0 Å². The number of hydrogen-bond acceptors (Lipinski definition) is 5. The van der Waals surface area contributed by atoms with Crippen LogP contribution in [-0.4, -0.2) is 38.0 Å². The van der Waals surface area contributed by atoms with Crippen LogP contribution >= 0.6 is 0 Å². The van der Waals surface area contributed by atoms with Gasteiger partial charge in [-0.25, -0.2) is 4.79 Å². The van der Waals surface area contributed by atoms with Crippen molar-refractivity contribution >= 4 is 5.97 Å². The smallest absolute Gasteiger partial charge is 0.370 e. The van der Waals surface area contributed by atoms with Gasteiger partial charge in [0.2, 0.25) is 0 Å². The first kappa shape index (κ1) is 23.1. The fourth-order valence-corrected chi connectivity index (χ4v) is 2.92. The number of allylic oxidation sites excluding steroid dienone is 1. The van der Waals surface area contributed by atoms with Gasteiger partial charge in [-0.2, -0.15) is 0 Å². The Bertz CT molecular complexity index is 826. The standard InChI is InChI=1S/C24H30O6/c1-4-28-20-12-9-18(10-13-20)15-16-30-21-14-11-19(17-23(21)27-3)7-6-8-22(24(25)26)29-5-2/h8-14,17H,4-7,15-16H2,1-3H3,(H,25,26). The van der Waals surface area contributed by atoms with E-state index in [4.69, 9.17) is 24.1 Å². The molecule has 0 saturated heterocycles. The number of rotatable bonds is 13. The lowest BCUT2D eigenvalue weighted by atomic mass is 10.1. The van der Waals surface area contributed by atoms with E-state index in [1.54, 1.807) is 20.1 Å². The summed E-state index contributed by atoms with van der Waals surface area (Å²) in [6, 6.07) is 13.8. The zero-order valence-electron chi connectivity index (χ0n) is 17.8. The first-order chi connectivity index (χ1) is 14.6. The number of hydrogen-bond donors (Lipinski definition) is 1. The second kappa shape index (κ2) is 12.4. The molecule has 0 saturated carbocycles. The molecule has 0 amide bonds. The Balaban J connectivity index is 1.90. The Kier molecular flexibility index (Phi) is 9.58. The first-order valence-corrected chi connectivity index (χ1v) is 10.1. The average molecular weight is 414 g/mol. The van der Waals surface area contributed by atoms with E-state index in [0.717, 1.165) is 17.7 Å². The van der Waals surface area contributed by atoms with Crippen molar-refractivity contribution in [3.8, 4) is 17.2 Å². The highest BCUT2D eigenvalue weighted by Crippen LogP contribution is 2.29. The highest BCUT2D eigenvalue weighted by Gasteiger charge is 2.09. The SMILES string of the molecule is CCOC(=CCCc1ccc(OCCc2ccc(OCC)cc2)c(OC)c1)C(=O)O. The largest absolute Gasteiger partial charge is 0.494 e. The number of carbonyl (C=O) groups is 1. The van der Waals surface area contributed by atoms with Gasteiger partial charge in [-0.1, -0.05) is 18.2 Å². The van der Waals surface area contributed by atoms with Gasteiger partial charge in [0.15, 0.2) is 17.3 Å². The van der Waals surface area contributed by atoms with Crippen LogP contribution in [0.2, 0.25) is 0 Å². The van der Waals surface area contributed by atoms with Gasteiger partial charge in [0, 0.05) is 6.42 Å². The van der Waals surface area contributed by atoms with Gasteiger partial charge in [0.25, 0.3) is 0 Å². The third kappa shape index (κ3) is 7.35. The molecular formula is C24H30O6. The fraction of sp³-hybridized carbons (Fsp3) is 0.375. The van der Waals surface area contributed by atoms with Crippen molar-refractivity contribution in [1.82, 2.24) is 0 Å². The molecule has 0 heterocycles. The molecule has 0 bridgehead atoms. The van der Waals surface area contributed by atoms with Crippen LogP contribution in [0.5, 0.6) is 17.2 Å². The number of carboxylic acids is 1. The zero-order valence-corrected chi connectivity index (χ0v) is 17.8. The van der Waals surface area contributed by atoms with E-state index >= 15 is 0 Å². The Morgan fingerprint density at radius 2 is 1.67 bits per heavy atom. The Hall–Kier alpha value is -3.15. The number of aliphatic carboxylic acids is 1. The van der Waals surface area contributed by atoms with E-state index in [0.29, 0.717) is 44.2 Å². The third-order valence-electron chi connectivity index (χ3n) is 4.38. The van der Waals surface area contributed by atoms with E-state index < -0.39 is 5.97 Å². The molecule has 0 atom stereocenters. The summed E-state index contributed by atoms with van der Waals surface area (Å²) in [6.07, 6.45) is 3.60. The summed E-state index contributed by atoms with van der Waals surface area (Å²) in [5.74, 6) is 1.14. The fourth-order valence-electron chi connectivity index (χ4n) is 2.92. The van der Waals surface area contributed by atoms with Crippen molar-refractivity contribution < 1.29 is 28.8 Å². The lowest BCUT2D eigenvalue weighted by Gasteiger charge is -2.12. The van der Waals surface area contributed by atoms with Crippen molar-refractivity contribution in [3.63, 3.8) is 0 Å². The van der Waals surface area contributed by atoms with Crippen LogP contribution < -0.4 is 14.2 Å². The van der Waals surface area contributed by atoms with E-state index in [1.165, 1.54) is 5.56 Å². The number of benzene rings is 2. The Labute approximate surface area is 178 Å². The predicted octanol–water partition coefficient (Wildman–Crippen LogP) is 4.65. The summed E-state index contributed by atoms with van der Waals surface area (Å²) in [4.78, 5) is 11.1. The molecule has 162 valence electrons. The summed E-state index contributed by atoms with van der Waals surface area (Å²) in [6.45, 7) is 5.24. The van der Waals surface area contributed by atoms with Gasteiger partial charge in [-0.3, -0.25) is 0 Å². The topological polar surface area (TPSA) is 74.2 Å². The maximum atomic E-state index is 11.1. The van der Waals surface area contributed by atoms with Gasteiger partial charge >= 0.3 is 5.97 Å². The third-order valence-corrected chi connectivity index (χ3v) is 4.38. The molecule has 0 aliphatic rings. The highest BCUT2D eigenvalue weighted by atomic mass is 16.5. The molecule has 2 rings (SSSR count). The van der Waals surface area contributed by atoms with Crippen LogP contribution in [0, 0.1) is 0 Å². The second-order valence-electron chi connectivity index (χ2n) is 6.51. The van der Waals surface area contributed by atoms with Crippen molar-refractivity contribution in [3.05, 3.63) is 65.4 Å². The van der Waals surface area contributed by atoms with Gasteiger partial charge < -0.3 is 24.1 Å². The Morgan fingerprint density at radius 1 is 0.933 bits per heavy atom. The summed E-state index contributed by atoms with van der Waals surface area (Å²) >= 11 is 0. The van der Waals surface area contributed by atoms with Gasteiger partial charge in [0.1, 0.15) is 5.75 Å². The van der Waals surface area contributed by atoms with Crippen LogP contribution in [0.1, 0.15) is 31.4 Å². The first-order valence-electron chi connectivity index (χ1n) is 10.1. The summed E-state index contributed by atoms with van der Waals surface area (Å²) in [7, 11) is 1.61. The molecule has 0 fully saturated rings. The lowest BCUT2D eigenvalue weighted by Crippen LogP contribution is -2.05. The predicted molar refractivity (Wildman–Crippen MR) is 115 cm³/mol. The molecule has 0 aliphatic carbocycles. The summed E-state index contributed by atoms with van der Waals surface area (Å²) in [5.41, 5.74) is 2.20. The lowest BCUT2D eigenvalue weighted by molar-refractivity contribution is -0.136. The van der Waals surface area contributed by atoms with Crippen LogP contribution in [0.3, 0.4) is 0 Å². The van der Waals surface area contributed by atoms with Crippen LogP contribution in [-0.2, 0) is 22.4 Å². The second-order valence-corrected chi connectivity index (χ2v) is 6.51. The molecule has 0 aromatic heterocycles. The number of methoxy groups -OCH3 is 1. The van der Waals surface area contributed by atoms with Crippen molar-refractivity contribution in [1.29, 1.82) is 0 Å². The van der Waals surface area contributed by atoms with Crippen LogP contribution in [0.4, 0.5) is 0 Å².